The first-order valence-corrected chi connectivity index (χ1v) is 11.2. The Balaban J connectivity index is 1.51. The van der Waals surface area contributed by atoms with Crippen LogP contribution in [0.15, 0.2) is 67.0 Å². The second-order valence-electron chi connectivity index (χ2n) is 8.11. The quantitative estimate of drug-likeness (QED) is 0.254. The monoisotopic (exact) mass is 475 g/mol. The summed E-state index contributed by atoms with van der Waals surface area (Å²) in [5.41, 5.74) is 2.59. The molecule has 1 atom stereocenters. The average Bonchev–Trinajstić information content (AvgIpc) is 2.85. The SMILES string of the molecule is CC(C)C(NC=O)C(=O)NCC(=O)NCc1cccc(Nc2cc(Nc3ccccc3)ncn2)c1. The lowest BCUT2D eigenvalue weighted by Gasteiger charge is -2.19. The predicted octanol–water partition coefficient (Wildman–Crippen LogP) is 2.47. The number of hydrogen-bond acceptors (Lipinski definition) is 7. The number of amides is 3. The van der Waals surface area contributed by atoms with Crippen molar-refractivity contribution in [2.24, 2.45) is 5.92 Å². The van der Waals surface area contributed by atoms with Gasteiger partial charge in [0.25, 0.3) is 0 Å². The van der Waals surface area contributed by atoms with E-state index >= 15 is 0 Å². The molecule has 2 aromatic carbocycles. The van der Waals surface area contributed by atoms with Crippen molar-refractivity contribution in [3.63, 3.8) is 0 Å². The number of carbonyl (C=O) groups excluding carboxylic acids is 3. The van der Waals surface area contributed by atoms with Crippen molar-refractivity contribution in [2.45, 2.75) is 26.4 Å². The van der Waals surface area contributed by atoms with E-state index in [9.17, 15) is 14.4 Å². The van der Waals surface area contributed by atoms with E-state index in [1.54, 1.807) is 6.07 Å². The summed E-state index contributed by atoms with van der Waals surface area (Å²) < 4.78 is 0. The highest BCUT2D eigenvalue weighted by atomic mass is 16.2. The number of rotatable bonds is 12. The van der Waals surface area contributed by atoms with Crippen LogP contribution in [-0.2, 0) is 20.9 Å². The van der Waals surface area contributed by atoms with Crippen molar-refractivity contribution in [1.82, 2.24) is 25.9 Å². The zero-order valence-corrected chi connectivity index (χ0v) is 19.6. The van der Waals surface area contributed by atoms with E-state index in [2.05, 4.69) is 36.6 Å². The molecule has 10 nitrogen and oxygen atoms in total. The van der Waals surface area contributed by atoms with Crippen molar-refractivity contribution in [3.05, 3.63) is 72.6 Å². The van der Waals surface area contributed by atoms with E-state index in [0.717, 1.165) is 16.9 Å². The van der Waals surface area contributed by atoms with Crippen molar-refractivity contribution >= 4 is 41.2 Å². The first-order chi connectivity index (χ1) is 16.9. The third kappa shape index (κ3) is 8.11. The molecule has 0 bridgehead atoms. The average molecular weight is 476 g/mol. The highest BCUT2D eigenvalue weighted by Crippen LogP contribution is 2.20. The molecule has 0 radical (unpaired) electrons. The molecule has 1 aromatic heterocycles. The summed E-state index contributed by atoms with van der Waals surface area (Å²) in [4.78, 5) is 43.5. The van der Waals surface area contributed by atoms with Crippen LogP contribution in [0.1, 0.15) is 19.4 Å². The first-order valence-electron chi connectivity index (χ1n) is 11.2. The van der Waals surface area contributed by atoms with Gasteiger partial charge in [-0.25, -0.2) is 9.97 Å². The van der Waals surface area contributed by atoms with Crippen molar-refractivity contribution in [3.8, 4) is 0 Å². The lowest BCUT2D eigenvalue weighted by atomic mass is 10.0. The molecule has 0 aliphatic rings. The van der Waals surface area contributed by atoms with Gasteiger partial charge in [-0.2, -0.15) is 0 Å². The molecule has 3 amide bonds. The molecule has 0 saturated carbocycles. The van der Waals surface area contributed by atoms with E-state index < -0.39 is 11.9 Å². The number of hydrogen-bond donors (Lipinski definition) is 5. The fourth-order valence-corrected chi connectivity index (χ4v) is 3.26. The van der Waals surface area contributed by atoms with Crippen LogP contribution in [0.3, 0.4) is 0 Å². The van der Waals surface area contributed by atoms with Crippen LogP contribution in [0, 0.1) is 5.92 Å². The minimum atomic E-state index is -0.687. The summed E-state index contributed by atoms with van der Waals surface area (Å²) in [6, 6.07) is 18.4. The van der Waals surface area contributed by atoms with Crippen LogP contribution in [-0.4, -0.2) is 40.8 Å². The topological polar surface area (TPSA) is 137 Å². The number of carbonyl (C=O) groups is 3. The van der Waals surface area contributed by atoms with Crippen LogP contribution >= 0.6 is 0 Å². The largest absolute Gasteiger partial charge is 0.350 e. The number of aromatic nitrogens is 2. The van der Waals surface area contributed by atoms with Gasteiger partial charge in [0.15, 0.2) is 0 Å². The van der Waals surface area contributed by atoms with Gasteiger partial charge in [-0.3, -0.25) is 14.4 Å². The molecule has 5 N–H and O–H groups in total. The minimum absolute atomic E-state index is 0.0985. The molecular formula is C25H29N7O3. The Bertz CT molecular complexity index is 1140. The highest BCUT2D eigenvalue weighted by Gasteiger charge is 2.21. The maximum absolute atomic E-state index is 12.2. The number of nitrogens with one attached hydrogen (secondary N) is 5. The molecule has 0 saturated heterocycles. The van der Waals surface area contributed by atoms with Crippen molar-refractivity contribution in [1.29, 1.82) is 0 Å². The Hall–Kier alpha value is -4.47. The molecular weight excluding hydrogens is 446 g/mol. The van der Waals surface area contributed by atoms with Crippen molar-refractivity contribution < 1.29 is 14.4 Å². The normalized spacial score (nSPS) is 11.3. The summed E-state index contributed by atoms with van der Waals surface area (Å²) >= 11 is 0. The predicted molar refractivity (Wildman–Crippen MR) is 134 cm³/mol. The smallest absolute Gasteiger partial charge is 0.243 e. The zero-order chi connectivity index (χ0) is 25.0. The second-order valence-corrected chi connectivity index (χ2v) is 8.11. The van der Waals surface area contributed by atoms with Gasteiger partial charge in [0.2, 0.25) is 18.2 Å². The lowest BCUT2D eigenvalue weighted by Crippen LogP contribution is -2.49. The van der Waals surface area contributed by atoms with Gasteiger partial charge < -0.3 is 26.6 Å². The number of para-hydroxylation sites is 1. The number of anilines is 4. The highest BCUT2D eigenvalue weighted by molar-refractivity contribution is 5.88. The maximum Gasteiger partial charge on any atom is 0.243 e. The molecule has 35 heavy (non-hydrogen) atoms. The molecule has 0 spiro atoms. The van der Waals surface area contributed by atoms with Gasteiger partial charge in [-0.05, 0) is 35.7 Å². The minimum Gasteiger partial charge on any atom is -0.350 e. The van der Waals surface area contributed by atoms with Crippen LogP contribution in [0.2, 0.25) is 0 Å². The Kier molecular flexibility index (Phi) is 9.12. The van der Waals surface area contributed by atoms with Gasteiger partial charge in [-0.1, -0.05) is 44.2 Å². The second kappa shape index (κ2) is 12.7. The van der Waals surface area contributed by atoms with Crippen LogP contribution in [0.5, 0.6) is 0 Å². The summed E-state index contributed by atoms with van der Waals surface area (Å²) in [7, 11) is 0. The summed E-state index contributed by atoms with van der Waals surface area (Å²) in [6.07, 6.45) is 1.95. The molecule has 1 unspecified atom stereocenters. The molecule has 0 fully saturated rings. The van der Waals surface area contributed by atoms with E-state index in [-0.39, 0.29) is 24.9 Å². The molecule has 182 valence electrons. The first kappa shape index (κ1) is 25.2. The molecule has 1 heterocycles. The van der Waals surface area contributed by atoms with Crippen LogP contribution in [0.4, 0.5) is 23.0 Å². The molecule has 3 aromatic rings. The summed E-state index contributed by atoms with van der Waals surface area (Å²) in [5, 5.41) is 14.2. The van der Waals surface area contributed by atoms with E-state index in [0.29, 0.717) is 18.0 Å². The van der Waals surface area contributed by atoms with E-state index in [1.165, 1.54) is 6.33 Å². The van der Waals surface area contributed by atoms with Crippen molar-refractivity contribution in [2.75, 3.05) is 17.2 Å². The van der Waals surface area contributed by atoms with Gasteiger partial charge in [0, 0.05) is 24.0 Å². The van der Waals surface area contributed by atoms with Crippen LogP contribution in [0.25, 0.3) is 0 Å². The fourth-order valence-electron chi connectivity index (χ4n) is 3.26. The molecule has 10 heteroatoms. The molecule has 0 aliphatic heterocycles. The Morgan fingerprint density at radius 2 is 1.57 bits per heavy atom. The van der Waals surface area contributed by atoms with Gasteiger partial charge in [0.1, 0.15) is 24.0 Å². The summed E-state index contributed by atoms with van der Waals surface area (Å²) in [6.45, 7) is 3.72. The maximum atomic E-state index is 12.2. The number of nitrogens with zero attached hydrogens (tertiary/aromatic N) is 2. The van der Waals surface area contributed by atoms with Gasteiger partial charge >= 0.3 is 0 Å². The van der Waals surface area contributed by atoms with Crippen LogP contribution < -0.4 is 26.6 Å². The fraction of sp³-hybridized carbons (Fsp3) is 0.240. The van der Waals surface area contributed by atoms with E-state index in [4.69, 9.17) is 0 Å². The van der Waals surface area contributed by atoms with E-state index in [1.807, 2.05) is 68.4 Å². The third-order valence-corrected chi connectivity index (χ3v) is 5.02. The van der Waals surface area contributed by atoms with Gasteiger partial charge in [0.05, 0.1) is 6.54 Å². The standard InChI is InChI=1S/C25H29N7O3/c1-17(2)24(30-16-33)25(35)27-14-23(34)26-13-18-7-6-10-20(11-18)32-22-12-21(28-15-29-22)31-19-8-4-3-5-9-19/h3-12,15-17,24H,13-14H2,1-2H3,(H,26,34)(H,27,35)(H,30,33)(H2,28,29,31,32). The Morgan fingerprint density at radius 3 is 2.26 bits per heavy atom. The lowest BCUT2D eigenvalue weighted by molar-refractivity contribution is -0.129. The van der Waals surface area contributed by atoms with Gasteiger partial charge in [-0.15, -0.1) is 0 Å². The number of benzene rings is 2. The summed E-state index contributed by atoms with van der Waals surface area (Å²) in [5.74, 6) is 0.434. The zero-order valence-electron chi connectivity index (χ0n) is 19.6. The Morgan fingerprint density at radius 1 is 0.886 bits per heavy atom. The Labute approximate surface area is 204 Å². The molecule has 3 rings (SSSR count). The molecule has 0 aliphatic carbocycles. The third-order valence-electron chi connectivity index (χ3n) is 5.02.